The molecule has 1 aliphatic rings. The van der Waals surface area contributed by atoms with Gasteiger partial charge in [0.1, 0.15) is 0 Å². The summed E-state index contributed by atoms with van der Waals surface area (Å²) in [5.74, 6) is 0.624. The average Bonchev–Trinajstić information content (AvgIpc) is 3.33. The van der Waals surface area contributed by atoms with Gasteiger partial charge in [-0.3, -0.25) is 0 Å². The Balaban J connectivity index is 1.94. The van der Waals surface area contributed by atoms with Gasteiger partial charge in [-0.2, -0.15) is 0 Å². The third-order valence-corrected chi connectivity index (χ3v) is 7.02. The molecule has 3 nitrogen and oxygen atoms in total. The Morgan fingerprint density at radius 2 is 1.83 bits per heavy atom. The SMILES string of the molecule is CSc1ccc2c(c1)cc(CC1CC1)n2S(=O)(=O)c1ccccc1. The second kappa shape index (κ2) is 5.97. The summed E-state index contributed by atoms with van der Waals surface area (Å²) in [7, 11) is -3.58. The number of fused-ring (bicyclic) bond motifs is 1. The fraction of sp³-hybridized carbons (Fsp3) is 0.263. The van der Waals surface area contributed by atoms with E-state index in [2.05, 4.69) is 6.07 Å². The smallest absolute Gasteiger partial charge is 0.238 e. The van der Waals surface area contributed by atoms with E-state index in [0.717, 1.165) is 27.9 Å². The highest BCUT2D eigenvalue weighted by Gasteiger charge is 2.28. The first-order valence-corrected chi connectivity index (χ1v) is 10.7. The van der Waals surface area contributed by atoms with Crippen LogP contribution in [-0.2, 0) is 16.4 Å². The third-order valence-electron chi connectivity index (χ3n) is 4.51. The first kappa shape index (κ1) is 15.8. The molecule has 24 heavy (non-hydrogen) atoms. The molecular weight excluding hydrogens is 338 g/mol. The van der Waals surface area contributed by atoms with Gasteiger partial charge in [0, 0.05) is 16.0 Å². The summed E-state index contributed by atoms with van der Waals surface area (Å²) in [6.45, 7) is 0. The third kappa shape index (κ3) is 2.76. The van der Waals surface area contributed by atoms with Crippen LogP contribution in [0, 0.1) is 5.92 Å². The number of hydrogen-bond acceptors (Lipinski definition) is 3. The van der Waals surface area contributed by atoms with Crippen LogP contribution in [0.5, 0.6) is 0 Å². The number of hydrogen-bond donors (Lipinski definition) is 0. The maximum absolute atomic E-state index is 13.2. The van der Waals surface area contributed by atoms with Gasteiger partial charge in [0.15, 0.2) is 0 Å². The molecule has 4 rings (SSSR count). The van der Waals surface area contributed by atoms with Crippen molar-refractivity contribution < 1.29 is 8.42 Å². The molecule has 1 saturated carbocycles. The van der Waals surface area contributed by atoms with E-state index in [4.69, 9.17) is 0 Å². The molecule has 0 saturated heterocycles. The number of benzene rings is 2. The number of aromatic nitrogens is 1. The van der Waals surface area contributed by atoms with Gasteiger partial charge in [0.05, 0.1) is 10.4 Å². The van der Waals surface area contributed by atoms with Crippen molar-refractivity contribution in [2.24, 2.45) is 5.92 Å². The molecule has 1 fully saturated rings. The van der Waals surface area contributed by atoms with Crippen molar-refractivity contribution >= 4 is 32.7 Å². The van der Waals surface area contributed by atoms with Crippen molar-refractivity contribution in [1.29, 1.82) is 0 Å². The summed E-state index contributed by atoms with van der Waals surface area (Å²) in [5.41, 5.74) is 1.67. The molecule has 5 heteroatoms. The summed E-state index contributed by atoms with van der Waals surface area (Å²) in [5, 5.41) is 0.997. The van der Waals surface area contributed by atoms with Crippen molar-refractivity contribution in [3.05, 3.63) is 60.3 Å². The lowest BCUT2D eigenvalue weighted by molar-refractivity contribution is 0.586. The van der Waals surface area contributed by atoms with Gasteiger partial charge in [0.2, 0.25) is 0 Å². The van der Waals surface area contributed by atoms with Crippen molar-refractivity contribution in [3.63, 3.8) is 0 Å². The van der Waals surface area contributed by atoms with E-state index < -0.39 is 10.0 Å². The molecule has 0 atom stereocenters. The quantitative estimate of drug-likeness (QED) is 0.629. The maximum atomic E-state index is 13.2. The minimum absolute atomic E-state index is 0.341. The molecule has 0 spiro atoms. The minimum atomic E-state index is -3.58. The van der Waals surface area contributed by atoms with Gasteiger partial charge < -0.3 is 0 Å². The highest BCUT2D eigenvalue weighted by Crippen LogP contribution is 2.36. The summed E-state index contributed by atoms with van der Waals surface area (Å²) in [6.07, 6.45) is 5.26. The first-order valence-electron chi connectivity index (χ1n) is 8.08. The van der Waals surface area contributed by atoms with Gasteiger partial charge in [-0.05, 0) is 67.8 Å². The fourth-order valence-electron chi connectivity index (χ4n) is 3.09. The minimum Gasteiger partial charge on any atom is -0.238 e. The van der Waals surface area contributed by atoms with Crippen LogP contribution in [0.25, 0.3) is 10.9 Å². The Labute approximate surface area is 146 Å². The molecule has 0 N–H and O–H groups in total. The molecule has 3 aromatic rings. The molecule has 0 aliphatic heterocycles. The molecule has 124 valence electrons. The number of nitrogens with zero attached hydrogens (tertiary/aromatic N) is 1. The van der Waals surface area contributed by atoms with Crippen LogP contribution in [-0.4, -0.2) is 18.6 Å². The van der Waals surface area contributed by atoms with E-state index in [1.165, 1.54) is 12.8 Å². The van der Waals surface area contributed by atoms with Gasteiger partial charge >= 0.3 is 0 Å². The molecule has 0 amide bonds. The van der Waals surface area contributed by atoms with E-state index in [9.17, 15) is 8.42 Å². The molecule has 2 aromatic carbocycles. The second-order valence-corrected chi connectivity index (χ2v) is 8.96. The molecule has 0 bridgehead atoms. The number of thioether (sulfide) groups is 1. The van der Waals surface area contributed by atoms with Crippen molar-refractivity contribution in [2.45, 2.75) is 29.1 Å². The van der Waals surface area contributed by atoms with E-state index in [0.29, 0.717) is 10.8 Å². The zero-order chi connectivity index (χ0) is 16.7. The van der Waals surface area contributed by atoms with Crippen LogP contribution < -0.4 is 0 Å². The Morgan fingerprint density at radius 1 is 1.08 bits per heavy atom. The Morgan fingerprint density at radius 3 is 2.50 bits per heavy atom. The highest BCUT2D eigenvalue weighted by atomic mass is 32.2. The largest absolute Gasteiger partial charge is 0.268 e. The van der Waals surface area contributed by atoms with E-state index >= 15 is 0 Å². The van der Waals surface area contributed by atoms with Crippen LogP contribution in [0.3, 0.4) is 0 Å². The lowest BCUT2D eigenvalue weighted by Gasteiger charge is -2.12. The second-order valence-electron chi connectivity index (χ2n) is 6.29. The van der Waals surface area contributed by atoms with Gasteiger partial charge in [0.25, 0.3) is 10.0 Å². The first-order chi connectivity index (χ1) is 11.6. The lowest BCUT2D eigenvalue weighted by atomic mass is 10.2. The normalized spacial score (nSPS) is 15.0. The van der Waals surface area contributed by atoms with Crippen molar-refractivity contribution in [2.75, 3.05) is 6.26 Å². The van der Waals surface area contributed by atoms with Gasteiger partial charge in [-0.1, -0.05) is 18.2 Å². The summed E-state index contributed by atoms with van der Waals surface area (Å²) < 4.78 is 28.0. The van der Waals surface area contributed by atoms with Gasteiger partial charge in [-0.25, -0.2) is 12.4 Å². The predicted octanol–water partition coefficient (Wildman–Crippen LogP) is 4.55. The highest BCUT2D eigenvalue weighted by molar-refractivity contribution is 7.98. The van der Waals surface area contributed by atoms with Crippen LogP contribution in [0.15, 0.2) is 64.4 Å². The van der Waals surface area contributed by atoms with E-state index in [1.807, 2.05) is 30.5 Å². The number of rotatable bonds is 5. The molecular formula is C19H19NO2S2. The molecule has 1 aliphatic carbocycles. The van der Waals surface area contributed by atoms with Crippen LogP contribution >= 0.6 is 11.8 Å². The topological polar surface area (TPSA) is 39.1 Å². The Hall–Kier alpha value is -1.72. The summed E-state index contributed by atoms with van der Waals surface area (Å²) in [4.78, 5) is 1.49. The Kier molecular flexibility index (Phi) is 3.93. The van der Waals surface area contributed by atoms with Crippen LogP contribution in [0.1, 0.15) is 18.5 Å². The Bertz CT molecular complexity index is 987. The van der Waals surface area contributed by atoms with Gasteiger partial charge in [-0.15, -0.1) is 11.8 Å². The average molecular weight is 358 g/mol. The summed E-state index contributed by atoms with van der Waals surface area (Å²) >= 11 is 1.67. The van der Waals surface area contributed by atoms with Crippen LogP contribution in [0.4, 0.5) is 0 Å². The van der Waals surface area contributed by atoms with Crippen molar-refractivity contribution in [3.8, 4) is 0 Å². The monoisotopic (exact) mass is 357 g/mol. The lowest BCUT2D eigenvalue weighted by Crippen LogP contribution is -2.16. The predicted molar refractivity (Wildman–Crippen MR) is 99.2 cm³/mol. The molecule has 1 heterocycles. The fourth-order valence-corrected chi connectivity index (χ4v) is 5.12. The molecule has 0 radical (unpaired) electrons. The standard InChI is InChI=1S/C19H19NO2S2/c1-23-17-9-10-19-15(13-17)12-16(11-14-7-8-14)20(19)24(21,22)18-5-3-2-4-6-18/h2-6,9-10,12-14H,7-8,11H2,1H3. The van der Waals surface area contributed by atoms with E-state index in [-0.39, 0.29) is 0 Å². The van der Waals surface area contributed by atoms with Crippen molar-refractivity contribution in [1.82, 2.24) is 3.97 Å². The zero-order valence-corrected chi connectivity index (χ0v) is 15.1. The zero-order valence-electron chi connectivity index (χ0n) is 13.5. The summed E-state index contributed by atoms with van der Waals surface area (Å²) in [6, 6.07) is 16.7. The molecule has 0 unspecified atom stereocenters. The molecule has 1 aromatic heterocycles. The van der Waals surface area contributed by atoms with Crippen LogP contribution in [0.2, 0.25) is 0 Å². The van der Waals surface area contributed by atoms with E-state index in [1.54, 1.807) is 40.0 Å². The maximum Gasteiger partial charge on any atom is 0.268 e.